The Balaban J connectivity index is 2.70. The zero-order chi connectivity index (χ0) is 6.27. The van der Waals surface area contributed by atoms with E-state index in [-0.39, 0.29) is 0 Å². The number of hydrogen-bond acceptors (Lipinski definition) is 1. The molecule has 0 aromatic carbocycles. The summed E-state index contributed by atoms with van der Waals surface area (Å²) in [5.41, 5.74) is 1.36. The van der Waals surface area contributed by atoms with Gasteiger partial charge in [-0.05, 0) is 25.1 Å². The third-order valence-electron chi connectivity index (χ3n) is 1.77. The number of aryl methyl sites for hydroxylation is 1. The summed E-state index contributed by atoms with van der Waals surface area (Å²) in [6.07, 6.45) is 4.45. The van der Waals surface area contributed by atoms with Gasteiger partial charge in [-0.1, -0.05) is 0 Å². The van der Waals surface area contributed by atoms with Crippen LogP contribution in [0.5, 0.6) is 0 Å². The standard InChI is InChI=1S/C6H8N2S/c9-6-7-4-5-2-1-3-8(5)6/h4H,1-3H2,(H,7,9). The Kier molecular flexibility index (Phi) is 0.990. The van der Waals surface area contributed by atoms with Crippen molar-refractivity contribution in [2.45, 2.75) is 19.4 Å². The highest BCUT2D eigenvalue weighted by Gasteiger charge is 2.09. The predicted octanol–water partition coefficient (Wildman–Crippen LogP) is 1.49. The second-order valence-electron chi connectivity index (χ2n) is 2.34. The number of aromatic nitrogens is 2. The average molecular weight is 140 g/mol. The molecule has 0 spiro atoms. The van der Waals surface area contributed by atoms with E-state index < -0.39 is 0 Å². The molecule has 2 nitrogen and oxygen atoms in total. The van der Waals surface area contributed by atoms with Crippen molar-refractivity contribution in [1.29, 1.82) is 0 Å². The fourth-order valence-corrected chi connectivity index (χ4v) is 1.57. The number of H-pyrrole nitrogens is 1. The predicted molar refractivity (Wildman–Crippen MR) is 37.9 cm³/mol. The number of aromatic amines is 1. The molecular weight excluding hydrogens is 132 g/mol. The van der Waals surface area contributed by atoms with Crippen LogP contribution >= 0.6 is 12.2 Å². The molecule has 0 amide bonds. The molecule has 0 saturated carbocycles. The molecule has 9 heavy (non-hydrogen) atoms. The Morgan fingerprint density at radius 3 is 3.33 bits per heavy atom. The SMILES string of the molecule is S=c1[nH]cc2n1CCC2. The topological polar surface area (TPSA) is 20.7 Å². The summed E-state index contributed by atoms with van der Waals surface area (Å²) in [7, 11) is 0. The normalized spacial score (nSPS) is 16.0. The van der Waals surface area contributed by atoms with Crippen LogP contribution in [0.2, 0.25) is 0 Å². The molecular formula is C6H8N2S. The molecule has 48 valence electrons. The third-order valence-corrected chi connectivity index (χ3v) is 2.11. The molecule has 1 aromatic heterocycles. The lowest BCUT2D eigenvalue weighted by atomic mass is 10.3. The summed E-state index contributed by atoms with van der Waals surface area (Å²) in [6.45, 7) is 1.11. The third kappa shape index (κ3) is 0.645. The van der Waals surface area contributed by atoms with Crippen LogP contribution in [0.1, 0.15) is 12.1 Å². The van der Waals surface area contributed by atoms with Gasteiger partial charge in [0.15, 0.2) is 4.77 Å². The van der Waals surface area contributed by atoms with Crippen LogP contribution in [0.25, 0.3) is 0 Å². The Morgan fingerprint density at radius 2 is 2.56 bits per heavy atom. The molecule has 0 unspecified atom stereocenters. The minimum Gasteiger partial charge on any atom is -0.337 e. The molecule has 2 heterocycles. The summed E-state index contributed by atoms with van der Waals surface area (Å²) >= 11 is 5.02. The second-order valence-corrected chi connectivity index (χ2v) is 2.73. The molecule has 3 heteroatoms. The molecule has 0 aliphatic carbocycles. The largest absolute Gasteiger partial charge is 0.337 e. The number of hydrogen-bond donors (Lipinski definition) is 1. The van der Waals surface area contributed by atoms with Crippen LogP contribution in [0.4, 0.5) is 0 Å². The Labute approximate surface area is 58.5 Å². The van der Waals surface area contributed by atoms with E-state index in [4.69, 9.17) is 12.2 Å². The van der Waals surface area contributed by atoms with Gasteiger partial charge in [0.2, 0.25) is 0 Å². The Morgan fingerprint density at radius 1 is 1.67 bits per heavy atom. The first-order chi connectivity index (χ1) is 4.38. The minimum absolute atomic E-state index is 0.877. The summed E-state index contributed by atoms with van der Waals surface area (Å²) < 4.78 is 3.04. The summed E-state index contributed by atoms with van der Waals surface area (Å²) in [4.78, 5) is 3.02. The molecule has 1 N–H and O–H groups in total. The van der Waals surface area contributed by atoms with Crippen molar-refractivity contribution in [2.24, 2.45) is 0 Å². The number of rotatable bonds is 0. The molecule has 1 aliphatic rings. The van der Waals surface area contributed by atoms with Crippen molar-refractivity contribution < 1.29 is 0 Å². The maximum Gasteiger partial charge on any atom is 0.177 e. The highest BCUT2D eigenvalue weighted by Crippen LogP contribution is 2.13. The quantitative estimate of drug-likeness (QED) is 0.541. The van der Waals surface area contributed by atoms with Crippen molar-refractivity contribution in [3.8, 4) is 0 Å². The molecule has 0 saturated heterocycles. The Hall–Kier alpha value is -0.570. The van der Waals surface area contributed by atoms with E-state index in [0.717, 1.165) is 11.3 Å². The van der Waals surface area contributed by atoms with Crippen molar-refractivity contribution in [3.05, 3.63) is 16.7 Å². The maximum absolute atomic E-state index is 5.02. The van der Waals surface area contributed by atoms with Crippen LogP contribution in [-0.4, -0.2) is 9.55 Å². The van der Waals surface area contributed by atoms with Crippen LogP contribution in [0, 0.1) is 4.77 Å². The fourth-order valence-electron chi connectivity index (χ4n) is 1.30. The number of nitrogens with zero attached hydrogens (tertiary/aromatic N) is 1. The van der Waals surface area contributed by atoms with Crippen LogP contribution < -0.4 is 0 Å². The average Bonchev–Trinajstić information content (AvgIpc) is 2.35. The summed E-state index contributed by atoms with van der Waals surface area (Å²) in [6, 6.07) is 0. The smallest absolute Gasteiger partial charge is 0.177 e. The van der Waals surface area contributed by atoms with Gasteiger partial charge in [0.05, 0.1) is 0 Å². The van der Waals surface area contributed by atoms with Crippen molar-refractivity contribution >= 4 is 12.2 Å². The monoisotopic (exact) mass is 140 g/mol. The molecule has 0 radical (unpaired) electrons. The van der Waals surface area contributed by atoms with E-state index in [1.54, 1.807) is 0 Å². The number of fused-ring (bicyclic) bond motifs is 1. The number of nitrogens with one attached hydrogen (secondary N) is 1. The first-order valence-electron chi connectivity index (χ1n) is 3.15. The van der Waals surface area contributed by atoms with E-state index in [1.807, 2.05) is 6.20 Å². The first kappa shape index (κ1) is 5.23. The van der Waals surface area contributed by atoms with Gasteiger partial charge in [-0.3, -0.25) is 0 Å². The fraction of sp³-hybridized carbons (Fsp3) is 0.500. The Bertz CT molecular complexity index is 271. The van der Waals surface area contributed by atoms with Gasteiger partial charge < -0.3 is 9.55 Å². The summed E-state index contributed by atoms with van der Waals surface area (Å²) in [5.74, 6) is 0. The van der Waals surface area contributed by atoms with Crippen LogP contribution in [-0.2, 0) is 13.0 Å². The molecule has 0 fully saturated rings. The summed E-state index contributed by atoms with van der Waals surface area (Å²) in [5, 5.41) is 0. The van der Waals surface area contributed by atoms with E-state index >= 15 is 0 Å². The highest BCUT2D eigenvalue weighted by molar-refractivity contribution is 7.71. The van der Waals surface area contributed by atoms with E-state index in [9.17, 15) is 0 Å². The highest BCUT2D eigenvalue weighted by atomic mass is 32.1. The van der Waals surface area contributed by atoms with Gasteiger partial charge in [-0.25, -0.2) is 0 Å². The zero-order valence-electron chi connectivity index (χ0n) is 5.05. The van der Waals surface area contributed by atoms with Crippen molar-refractivity contribution in [3.63, 3.8) is 0 Å². The van der Waals surface area contributed by atoms with Gasteiger partial charge in [0.25, 0.3) is 0 Å². The van der Waals surface area contributed by atoms with Crippen LogP contribution in [0.3, 0.4) is 0 Å². The number of imidazole rings is 1. The van der Waals surface area contributed by atoms with Gasteiger partial charge in [-0.15, -0.1) is 0 Å². The lowest BCUT2D eigenvalue weighted by Gasteiger charge is -1.89. The molecule has 1 aliphatic heterocycles. The van der Waals surface area contributed by atoms with E-state index in [1.165, 1.54) is 18.5 Å². The molecule has 0 bridgehead atoms. The van der Waals surface area contributed by atoms with Crippen LogP contribution in [0.15, 0.2) is 6.20 Å². The first-order valence-corrected chi connectivity index (χ1v) is 3.56. The molecule has 0 atom stereocenters. The minimum atomic E-state index is 0.877. The lowest BCUT2D eigenvalue weighted by molar-refractivity contribution is 0.732. The molecule has 2 rings (SSSR count). The lowest BCUT2D eigenvalue weighted by Crippen LogP contribution is -1.89. The zero-order valence-corrected chi connectivity index (χ0v) is 5.87. The van der Waals surface area contributed by atoms with Crippen molar-refractivity contribution in [2.75, 3.05) is 0 Å². The molecule has 1 aromatic rings. The second kappa shape index (κ2) is 1.70. The van der Waals surface area contributed by atoms with E-state index in [2.05, 4.69) is 9.55 Å². The van der Waals surface area contributed by atoms with Gasteiger partial charge in [-0.2, -0.15) is 0 Å². The van der Waals surface area contributed by atoms with Gasteiger partial charge in [0.1, 0.15) is 0 Å². The van der Waals surface area contributed by atoms with Gasteiger partial charge in [0, 0.05) is 18.4 Å². The maximum atomic E-state index is 5.02. The van der Waals surface area contributed by atoms with E-state index in [0.29, 0.717) is 0 Å². The van der Waals surface area contributed by atoms with Gasteiger partial charge >= 0.3 is 0 Å². The van der Waals surface area contributed by atoms with Crippen molar-refractivity contribution in [1.82, 2.24) is 9.55 Å².